The fraction of sp³-hybridized carbons (Fsp3) is 0.500. The summed E-state index contributed by atoms with van der Waals surface area (Å²) in [5, 5.41) is 0. The van der Waals surface area contributed by atoms with Crippen LogP contribution < -0.4 is 4.90 Å². The van der Waals surface area contributed by atoms with Crippen molar-refractivity contribution in [3.8, 4) is 0 Å². The maximum absolute atomic E-state index is 14.5. The van der Waals surface area contributed by atoms with E-state index in [1.807, 2.05) is 4.90 Å². The number of sulfone groups is 1. The van der Waals surface area contributed by atoms with Gasteiger partial charge in [-0.1, -0.05) is 0 Å². The van der Waals surface area contributed by atoms with Gasteiger partial charge in [0.25, 0.3) is 0 Å². The molecule has 2 aliphatic rings. The smallest absolute Gasteiger partial charge is 0.226 e. The van der Waals surface area contributed by atoms with E-state index in [4.69, 9.17) is 0 Å². The third kappa shape index (κ3) is 5.44. The highest BCUT2D eigenvalue weighted by Gasteiger charge is 2.35. The van der Waals surface area contributed by atoms with E-state index < -0.39 is 32.3 Å². The highest BCUT2D eigenvalue weighted by atomic mass is 127. The number of benzene rings is 1. The molecule has 33 heavy (non-hydrogen) atoms. The standard InChI is InChI=1S/C22H25F2IN4O3S/c1-33(31,32)20-11-18(23)15(10-19(20)24)9-14-3-2-6-29(21(14)30)17-4-7-28(8-5-17)22-26-12-16(25)13-27-22/h10-14,17H,2-9H2,1H3/t14-/m1/s1. The molecular formula is C22H25F2IN4O3S. The fourth-order valence-electron chi connectivity index (χ4n) is 4.65. The van der Waals surface area contributed by atoms with E-state index in [9.17, 15) is 22.0 Å². The van der Waals surface area contributed by atoms with Gasteiger partial charge in [0.1, 0.15) is 16.5 Å². The summed E-state index contributed by atoms with van der Waals surface area (Å²) in [7, 11) is -3.87. The predicted molar refractivity (Wildman–Crippen MR) is 128 cm³/mol. The van der Waals surface area contributed by atoms with Crippen LogP contribution in [0.4, 0.5) is 14.7 Å². The van der Waals surface area contributed by atoms with E-state index in [1.165, 1.54) is 0 Å². The van der Waals surface area contributed by atoms with Crippen LogP contribution in [0.5, 0.6) is 0 Å². The van der Waals surface area contributed by atoms with E-state index in [1.54, 1.807) is 12.4 Å². The van der Waals surface area contributed by atoms with Crippen molar-refractivity contribution in [2.75, 3.05) is 30.8 Å². The van der Waals surface area contributed by atoms with Crippen LogP contribution in [0.2, 0.25) is 0 Å². The Balaban J connectivity index is 1.42. The Hall–Kier alpha value is -1.89. The van der Waals surface area contributed by atoms with Crippen molar-refractivity contribution < 1.29 is 22.0 Å². The van der Waals surface area contributed by atoms with E-state index in [2.05, 4.69) is 37.5 Å². The minimum absolute atomic E-state index is 0.0331. The van der Waals surface area contributed by atoms with Gasteiger partial charge in [-0.15, -0.1) is 0 Å². The summed E-state index contributed by atoms with van der Waals surface area (Å²) >= 11 is 2.16. The lowest BCUT2D eigenvalue weighted by molar-refractivity contribution is -0.141. The number of likely N-dealkylation sites (tertiary alicyclic amines) is 1. The molecule has 2 aliphatic heterocycles. The van der Waals surface area contributed by atoms with Crippen molar-refractivity contribution >= 4 is 44.3 Å². The number of nitrogens with zero attached hydrogens (tertiary/aromatic N) is 4. The van der Waals surface area contributed by atoms with E-state index >= 15 is 0 Å². The number of halogens is 3. The number of carbonyl (C=O) groups is 1. The molecule has 7 nitrogen and oxygen atoms in total. The minimum atomic E-state index is -3.87. The molecule has 0 bridgehead atoms. The van der Waals surface area contributed by atoms with Crippen molar-refractivity contribution in [1.29, 1.82) is 0 Å². The molecule has 2 aromatic rings. The molecule has 0 saturated carbocycles. The average molecular weight is 590 g/mol. The lowest BCUT2D eigenvalue weighted by atomic mass is 9.88. The Bertz CT molecular complexity index is 1140. The maximum Gasteiger partial charge on any atom is 0.226 e. The second kappa shape index (κ2) is 9.77. The second-order valence-corrected chi connectivity index (χ2v) is 11.9. The number of carbonyl (C=O) groups excluding carboxylic acids is 1. The molecule has 0 spiro atoms. The zero-order chi connectivity index (χ0) is 23.8. The Morgan fingerprint density at radius 1 is 1.06 bits per heavy atom. The average Bonchev–Trinajstić information content (AvgIpc) is 2.77. The lowest BCUT2D eigenvalue weighted by Crippen LogP contribution is -2.52. The third-order valence-corrected chi connectivity index (χ3v) is 8.01. The van der Waals surface area contributed by atoms with Crippen molar-refractivity contribution in [3.63, 3.8) is 0 Å². The first kappa shape index (κ1) is 24.2. The Labute approximate surface area is 205 Å². The van der Waals surface area contributed by atoms with Crippen LogP contribution in [0.15, 0.2) is 29.4 Å². The number of rotatable bonds is 5. The number of amides is 1. The van der Waals surface area contributed by atoms with Gasteiger partial charge < -0.3 is 9.80 Å². The molecule has 0 N–H and O–H groups in total. The minimum Gasteiger partial charge on any atom is -0.341 e. The zero-order valence-corrected chi connectivity index (χ0v) is 21.2. The molecule has 1 aromatic carbocycles. The summed E-state index contributed by atoms with van der Waals surface area (Å²) in [6, 6.07) is 1.72. The molecular weight excluding hydrogens is 565 g/mol. The fourth-order valence-corrected chi connectivity index (χ4v) is 5.66. The normalized spacial score (nSPS) is 20.4. The predicted octanol–water partition coefficient (Wildman–Crippen LogP) is 3.21. The number of aromatic nitrogens is 2. The van der Waals surface area contributed by atoms with Gasteiger partial charge in [0.15, 0.2) is 9.84 Å². The summed E-state index contributed by atoms with van der Waals surface area (Å²) in [6.45, 7) is 2.14. The molecule has 1 aromatic heterocycles. The molecule has 2 saturated heterocycles. The van der Waals surface area contributed by atoms with Gasteiger partial charge in [-0.25, -0.2) is 27.2 Å². The first-order chi connectivity index (χ1) is 15.6. The highest BCUT2D eigenvalue weighted by Crippen LogP contribution is 2.30. The summed E-state index contributed by atoms with van der Waals surface area (Å²) in [5.74, 6) is -1.59. The molecule has 0 radical (unpaired) electrons. The Morgan fingerprint density at radius 2 is 1.73 bits per heavy atom. The molecule has 1 atom stereocenters. The third-order valence-electron chi connectivity index (χ3n) is 6.35. The van der Waals surface area contributed by atoms with E-state index in [0.717, 1.165) is 48.2 Å². The summed E-state index contributed by atoms with van der Waals surface area (Å²) in [5.41, 5.74) is 0.0331. The molecule has 178 valence electrons. The SMILES string of the molecule is CS(=O)(=O)c1cc(F)c(C[C@H]2CCCN(C3CCN(c4ncc(I)cn4)CC3)C2=O)cc1F. The Morgan fingerprint density at radius 3 is 2.36 bits per heavy atom. The molecule has 11 heteroatoms. The van der Waals surface area contributed by atoms with Gasteiger partial charge in [-0.2, -0.15) is 0 Å². The van der Waals surface area contributed by atoms with Crippen molar-refractivity contribution in [1.82, 2.24) is 14.9 Å². The molecule has 3 heterocycles. The van der Waals surface area contributed by atoms with E-state index in [0.29, 0.717) is 25.0 Å². The van der Waals surface area contributed by atoms with Crippen molar-refractivity contribution in [2.45, 2.75) is 43.0 Å². The van der Waals surface area contributed by atoms with Gasteiger partial charge in [0, 0.05) is 53.8 Å². The van der Waals surface area contributed by atoms with Gasteiger partial charge in [0.05, 0.1) is 0 Å². The van der Waals surface area contributed by atoms with Gasteiger partial charge in [-0.05, 0) is 72.4 Å². The monoisotopic (exact) mass is 590 g/mol. The van der Waals surface area contributed by atoms with Crippen molar-refractivity contribution in [3.05, 3.63) is 45.3 Å². The summed E-state index contributed by atoms with van der Waals surface area (Å²) in [6.07, 6.45) is 7.42. The first-order valence-corrected chi connectivity index (χ1v) is 13.8. The van der Waals surface area contributed by atoms with Crippen LogP contribution in [0.25, 0.3) is 0 Å². The molecule has 4 rings (SSSR count). The largest absolute Gasteiger partial charge is 0.341 e. The number of piperidine rings is 2. The summed E-state index contributed by atoms with van der Waals surface area (Å²) < 4.78 is 53.1. The van der Waals surface area contributed by atoms with Crippen LogP contribution >= 0.6 is 22.6 Å². The van der Waals surface area contributed by atoms with Gasteiger partial charge in [0.2, 0.25) is 11.9 Å². The van der Waals surface area contributed by atoms with Crippen LogP contribution in [0.1, 0.15) is 31.2 Å². The zero-order valence-electron chi connectivity index (χ0n) is 18.2. The number of hydrogen-bond donors (Lipinski definition) is 0. The molecule has 1 amide bonds. The maximum atomic E-state index is 14.5. The highest BCUT2D eigenvalue weighted by molar-refractivity contribution is 14.1. The van der Waals surface area contributed by atoms with Gasteiger partial charge >= 0.3 is 0 Å². The Kier molecular flexibility index (Phi) is 7.18. The molecule has 0 unspecified atom stereocenters. The van der Waals surface area contributed by atoms with E-state index in [-0.39, 0.29) is 23.9 Å². The van der Waals surface area contributed by atoms with Crippen molar-refractivity contribution in [2.24, 2.45) is 5.92 Å². The number of hydrogen-bond acceptors (Lipinski definition) is 6. The second-order valence-electron chi connectivity index (χ2n) is 8.64. The van der Waals surface area contributed by atoms with Crippen LogP contribution in [0.3, 0.4) is 0 Å². The first-order valence-electron chi connectivity index (χ1n) is 10.8. The van der Waals surface area contributed by atoms with Crippen LogP contribution in [0, 0.1) is 21.1 Å². The van der Waals surface area contributed by atoms with Crippen LogP contribution in [-0.2, 0) is 21.1 Å². The quantitative estimate of drug-likeness (QED) is 0.498. The summed E-state index contributed by atoms with van der Waals surface area (Å²) in [4.78, 5) is 25.3. The lowest BCUT2D eigenvalue weighted by Gasteiger charge is -2.42. The topological polar surface area (TPSA) is 83.5 Å². The van der Waals surface area contributed by atoms with Gasteiger partial charge in [-0.3, -0.25) is 4.79 Å². The van der Waals surface area contributed by atoms with Crippen LogP contribution in [-0.4, -0.2) is 61.1 Å². The molecule has 0 aliphatic carbocycles. The number of anilines is 1. The molecule has 2 fully saturated rings.